The van der Waals surface area contributed by atoms with Crippen molar-refractivity contribution in [2.75, 3.05) is 20.3 Å². The number of piperidine rings is 1. The van der Waals surface area contributed by atoms with E-state index in [9.17, 15) is 0 Å². The average molecular weight is 285 g/mol. The Morgan fingerprint density at radius 3 is 2.95 bits per heavy atom. The highest BCUT2D eigenvalue weighted by Crippen LogP contribution is 2.33. The van der Waals surface area contributed by atoms with Crippen LogP contribution in [-0.2, 0) is 11.3 Å². The topological polar surface area (TPSA) is 39.1 Å². The van der Waals surface area contributed by atoms with E-state index in [2.05, 4.69) is 46.9 Å². The van der Waals surface area contributed by atoms with Crippen molar-refractivity contribution in [3.8, 4) is 0 Å². The van der Waals surface area contributed by atoms with Crippen molar-refractivity contribution in [3.05, 3.63) is 53.9 Å². The molecule has 21 heavy (non-hydrogen) atoms. The quantitative estimate of drug-likeness (QED) is 0.918. The SMILES string of the molecule is COCCn1cc(C2CCN[C@H](c3ccccc3)C2)cn1. The lowest BCUT2D eigenvalue weighted by Crippen LogP contribution is -2.30. The Morgan fingerprint density at radius 2 is 2.14 bits per heavy atom. The second-order valence-corrected chi connectivity index (χ2v) is 5.67. The standard InChI is InChI=1S/C17H23N3O/c1-21-10-9-20-13-16(12-19-20)15-7-8-18-17(11-15)14-5-3-2-4-6-14/h2-6,12-13,15,17-18H,7-11H2,1H3/t15?,17-/m0/s1. The molecule has 2 heterocycles. The fraction of sp³-hybridized carbons (Fsp3) is 0.471. The molecular formula is C17H23N3O. The molecule has 4 nitrogen and oxygen atoms in total. The molecule has 112 valence electrons. The van der Waals surface area contributed by atoms with Crippen LogP contribution in [0.25, 0.3) is 0 Å². The van der Waals surface area contributed by atoms with Crippen molar-refractivity contribution in [1.82, 2.24) is 15.1 Å². The molecule has 2 aromatic rings. The van der Waals surface area contributed by atoms with Crippen molar-refractivity contribution in [3.63, 3.8) is 0 Å². The average Bonchev–Trinajstić information content (AvgIpc) is 3.03. The Balaban J connectivity index is 1.67. The minimum absolute atomic E-state index is 0.451. The van der Waals surface area contributed by atoms with Crippen LogP contribution < -0.4 is 5.32 Å². The van der Waals surface area contributed by atoms with Crippen molar-refractivity contribution in [2.24, 2.45) is 0 Å². The molecule has 0 bridgehead atoms. The minimum Gasteiger partial charge on any atom is -0.383 e. The molecule has 1 aromatic carbocycles. The van der Waals surface area contributed by atoms with Gasteiger partial charge < -0.3 is 10.1 Å². The number of ether oxygens (including phenoxy) is 1. The molecule has 1 fully saturated rings. The summed E-state index contributed by atoms with van der Waals surface area (Å²) >= 11 is 0. The second-order valence-electron chi connectivity index (χ2n) is 5.67. The van der Waals surface area contributed by atoms with Crippen LogP contribution in [0, 0.1) is 0 Å². The van der Waals surface area contributed by atoms with Crippen molar-refractivity contribution < 1.29 is 4.74 Å². The monoisotopic (exact) mass is 285 g/mol. The summed E-state index contributed by atoms with van der Waals surface area (Å²) in [5.41, 5.74) is 2.74. The highest BCUT2D eigenvalue weighted by atomic mass is 16.5. The summed E-state index contributed by atoms with van der Waals surface area (Å²) in [6.07, 6.45) is 6.52. The molecular weight excluding hydrogens is 262 g/mol. The zero-order valence-corrected chi connectivity index (χ0v) is 12.5. The lowest BCUT2D eigenvalue weighted by Gasteiger charge is -2.30. The van der Waals surface area contributed by atoms with E-state index in [0.29, 0.717) is 18.6 Å². The van der Waals surface area contributed by atoms with E-state index >= 15 is 0 Å². The number of hydrogen-bond donors (Lipinski definition) is 1. The van der Waals surface area contributed by atoms with Gasteiger partial charge >= 0.3 is 0 Å². The zero-order chi connectivity index (χ0) is 14.5. The fourth-order valence-electron chi connectivity index (χ4n) is 3.06. The van der Waals surface area contributed by atoms with Gasteiger partial charge in [0, 0.05) is 19.3 Å². The van der Waals surface area contributed by atoms with Gasteiger partial charge in [-0.05, 0) is 36.4 Å². The van der Waals surface area contributed by atoms with Crippen LogP contribution >= 0.6 is 0 Å². The molecule has 1 aliphatic heterocycles. The third-order valence-corrected chi connectivity index (χ3v) is 4.25. The van der Waals surface area contributed by atoms with Gasteiger partial charge in [-0.2, -0.15) is 5.10 Å². The molecule has 0 spiro atoms. The maximum Gasteiger partial charge on any atom is 0.0658 e. The molecule has 0 saturated carbocycles. The predicted molar refractivity (Wildman–Crippen MR) is 83.3 cm³/mol. The number of methoxy groups -OCH3 is 1. The van der Waals surface area contributed by atoms with Crippen LogP contribution in [0.4, 0.5) is 0 Å². The van der Waals surface area contributed by atoms with Gasteiger partial charge in [-0.3, -0.25) is 4.68 Å². The van der Waals surface area contributed by atoms with Crippen molar-refractivity contribution in [1.29, 1.82) is 0 Å². The highest BCUT2D eigenvalue weighted by molar-refractivity contribution is 5.22. The molecule has 0 aliphatic carbocycles. The predicted octanol–water partition coefficient (Wildman–Crippen LogP) is 2.74. The largest absolute Gasteiger partial charge is 0.383 e. The van der Waals surface area contributed by atoms with E-state index in [0.717, 1.165) is 19.5 Å². The Labute approximate surface area is 126 Å². The summed E-state index contributed by atoms with van der Waals surface area (Å²) in [5, 5.41) is 8.07. The molecule has 1 saturated heterocycles. The van der Waals surface area contributed by atoms with Crippen molar-refractivity contribution in [2.45, 2.75) is 31.3 Å². The second kappa shape index (κ2) is 6.87. The summed E-state index contributed by atoms with van der Waals surface area (Å²) in [4.78, 5) is 0. The molecule has 4 heteroatoms. The molecule has 1 aliphatic rings. The number of hydrogen-bond acceptors (Lipinski definition) is 3. The highest BCUT2D eigenvalue weighted by Gasteiger charge is 2.24. The summed E-state index contributed by atoms with van der Waals surface area (Å²) in [5.74, 6) is 0.591. The summed E-state index contributed by atoms with van der Waals surface area (Å²) < 4.78 is 7.09. The Kier molecular flexibility index (Phi) is 4.68. The van der Waals surface area contributed by atoms with Crippen molar-refractivity contribution >= 4 is 0 Å². The molecule has 0 amide bonds. The first-order chi connectivity index (χ1) is 10.4. The van der Waals surface area contributed by atoms with E-state index in [1.54, 1.807) is 7.11 Å². The van der Waals surface area contributed by atoms with Gasteiger partial charge in [-0.25, -0.2) is 0 Å². The fourth-order valence-corrected chi connectivity index (χ4v) is 3.06. The number of benzene rings is 1. The number of aromatic nitrogens is 2. The zero-order valence-electron chi connectivity index (χ0n) is 12.5. The van der Waals surface area contributed by atoms with Gasteiger partial charge in [-0.1, -0.05) is 30.3 Å². The summed E-state index contributed by atoms with van der Waals surface area (Å²) in [6, 6.07) is 11.2. The molecule has 1 N–H and O–H groups in total. The first-order valence-corrected chi connectivity index (χ1v) is 7.66. The maximum atomic E-state index is 5.10. The molecule has 0 radical (unpaired) electrons. The van der Waals surface area contributed by atoms with Gasteiger partial charge in [-0.15, -0.1) is 0 Å². The Hall–Kier alpha value is -1.65. The minimum atomic E-state index is 0.451. The first kappa shape index (κ1) is 14.3. The summed E-state index contributed by atoms with van der Waals surface area (Å²) in [7, 11) is 1.72. The number of rotatable bonds is 5. The first-order valence-electron chi connectivity index (χ1n) is 7.66. The molecule has 1 aromatic heterocycles. The maximum absolute atomic E-state index is 5.10. The smallest absolute Gasteiger partial charge is 0.0658 e. The lowest BCUT2D eigenvalue weighted by atomic mass is 9.85. The van der Waals surface area contributed by atoms with Gasteiger partial charge in [0.1, 0.15) is 0 Å². The van der Waals surface area contributed by atoms with Crippen LogP contribution in [0.2, 0.25) is 0 Å². The van der Waals surface area contributed by atoms with Crippen LogP contribution in [-0.4, -0.2) is 30.0 Å². The van der Waals surface area contributed by atoms with Gasteiger partial charge in [0.15, 0.2) is 0 Å². The lowest BCUT2D eigenvalue weighted by molar-refractivity contribution is 0.183. The Bertz CT molecular complexity index is 552. The van der Waals surface area contributed by atoms with Gasteiger partial charge in [0.2, 0.25) is 0 Å². The van der Waals surface area contributed by atoms with E-state index in [1.807, 2.05) is 10.9 Å². The third-order valence-electron chi connectivity index (χ3n) is 4.25. The van der Waals surface area contributed by atoms with E-state index in [4.69, 9.17) is 4.74 Å². The molecule has 2 atom stereocenters. The van der Waals surface area contributed by atoms with Gasteiger partial charge in [0.25, 0.3) is 0 Å². The van der Waals surface area contributed by atoms with Crippen LogP contribution in [0.3, 0.4) is 0 Å². The van der Waals surface area contributed by atoms with E-state index in [1.165, 1.54) is 17.5 Å². The number of nitrogens with zero attached hydrogens (tertiary/aromatic N) is 2. The van der Waals surface area contributed by atoms with Crippen LogP contribution in [0.15, 0.2) is 42.7 Å². The third kappa shape index (κ3) is 3.52. The van der Waals surface area contributed by atoms with Crippen LogP contribution in [0.1, 0.15) is 35.9 Å². The Morgan fingerprint density at radius 1 is 1.29 bits per heavy atom. The normalized spacial score (nSPS) is 22.3. The summed E-state index contributed by atoms with van der Waals surface area (Å²) in [6.45, 7) is 2.59. The van der Waals surface area contributed by atoms with E-state index < -0.39 is 0 Å². The van der Waals surface area contributed by atoms with Gasteiger partial charge in [0.05, 0.1) is 19.3 Å². The number of nitrogens with one attached hydrogen (secondary N) is 1. The van der Waals surface area contributed by atoms with Crippen LogP contribution in [0.5, 0.6) is 0 Å². The van der Waals surface area contributed by atoms with E-state index in [-0.39, 0.29) is 0 Å². The molecule has 3 rings (SSSR count). The molecule has 1 unspecified atom stereocenters.